The molecule has 0 radical (unpaired) electrons. The maximum atomic E-state index is 12.9. The van der Waals surface area contributed by atoms with Crippen LogP contribution >= 0.6 is 0 Å². The van der Waals surface area contributed by atoms with E-state index in [0.29, 0.717) is 37.1 Å². The minimum Gasteiger partial charge on any atom is -0.478 e. The normalized spacial score (nSPS) is 14.5. The summed E-state index contributed by atoms with van der Waals surface area (Å²) in [6.07, 6.45) is 1.41. The number of nitrogens with zero attached hydrogens (tertiary/aromatic N) is 1. The minimum atomic E-state index is -1.02. The number of aromatic carboxylic acids is 1. The number of benzene rings is 2. The number of piperidine rings is 1. The first-order valence-electron chi connectivity index (χ1n) is 9.09. The lowest BCUT2D eigenvalue weighted by Gasteiger charge is -2.32. The van der Waals surface area contributed by atoms with Gasteiger partial charge in [-0.15, -0.1) is 0 Å². The van der Waals surface area contributed by atoms with Gasteiger partial charge in [0.15, 0.2) is 0 Å². The lowest BCUT2D eigenvalue weighted by Crippen LogP contribution is -2.47. The van der Waals surface area contributed by atoms with Crippen LogP contribution in [-0.2, 0) is 11.2 Å². The van der Waals surface area contributed by atoms with Crippen molar-refractivity contribution in [3.63, 3.8) is 0 Å². The van der Waals surface area contributed by atoms with E-state index in [4.69, 9.17) is 5.11 Å². The highest BCUT2D eigenvalue weighted by molar-refractivity contribution is 5.94. The molecule has 1 saturated heterocycles. The molecule has 2 N–H and O–H groups in total. The van der Waals surface area contributed by atoms with Gasteiger partial charge in [0.2, 0.25) is 5.91 Å². The van der Waals surface area contributed by atoms with Crippen LogP contribution in [0.2, 0.25) is 0 Å². The van der Waals surface area contributed by atoms with E-state index >= 15 is 0 Å². The van der Waals surface area contributed by atoms with Gasteiger partial charge in [-0.1, -0.05) is 12.1 Å². The SMILES string of the molecule is O=C(O)c1cccc(CC(=O)N2CCC(NC(=O)c3ccc(F)cc3)CC2)c1. The predicted molar refractivity (Wildman–Crippen MR) is 101 cm³/mol. The van der Waals surface area contributed by atoms with E-state index in [2.05, 4.69) is 5.32 Å². The van der Waals surface area contributed by atoms with Crippen LogP contribution in [0.15, 0.2) is 48.5 Å². The Kier molecular flexibility index (Phi) is 6.03. The summed E-state index contributed by atoms with van der Waals surface area (Å²) in [5.41, 5.74) is 1.22. The third-order valence-corrected chi connectivity index (χ3v) is 4.82. The van der Waals surface area contributed by atoms with Gasteiger partial charge in [-0.05, 0) is 54.8 Å². The number of amides is 2. The fourth-order valence-corrected chi connectivity index (χ4v) is 3.24. The first kappa shape index (κ1) is 19.5. The maximum absolute atomic E-state index is 12.9. The Bertz CT molecular complexity index is 874. The van der Waals surface area contributed by atoms with Crippen molar-refractivity contribution in [3.05, 3.63) is 71.0 Å². The van der Waals surface area contributed by atoms with Gasteiger partial charge in [-0.3, -0.25) is 9.59 Å². The van der Waals surface area contributed by atoms with E-state index in [1.54, 1.807) is 17.0 Å². The van der Waals surface area contributed by atoms with E-state index in [0.717, 1.165) is 0 Å². The van der Waals surface area contributed by atoms with Crippen LogP contribution < -0.4 is 5.32 Å². The molecular weight excluding hydrogens is 363 g/mol. The summed E-state index contributed by atoms with van der Waals surface area (Å²) in [6.45, 7) is 1.04. The highest BCUT2D eigenvalue weighted by Crippen LogP contribution is 2.14. The van der Waals surface area contributed by atoms with Crippen molar-refractivity contribution in [2.24, 2.45) is 0 Å². The number of rotatable bonds is 5. The fraction of sp³-hybridized carbons (Fsp3) is 0.286. The number of likely N-dealkylation sites (tertiary alicyclic amines) is 1. The Labute approximate surface area is 162 Å². The molecular formula is C21H21FN2O4. The molecule has 2 aromatic carbocycles. The summed E-state index contributed by atoms with van der Waals surface area (Å²) in [5, 5.41) is 12.0. The highest BCUT2D eigenvalue weighted by Gasteiger charge is 2.24. The molecule has 0 spiro atoms. The van der Waals surface area contributed by atoms with Crippen LogP contribution in [0.4, 0.5) is 4.39 Å². The molecule has 1 fully saturated rings. The van der Waals surface area contributed by atoms with Crippen molar-refractivity contribution >= 4 is 17.8 Å². The molecule has 2 amide bonds. The number of halogens is 1. The number of hydrogen-bond acceptors (Lipinski definition) is 3. The van der Waals surface area contributed by atoms with Crippen molar-refractivity contribution in [1.82, 2.24) is 10.2 Å². The Hall–Kier alpha value is -3.22. The molecule has 6 nitrogen and oxygen atoms in total. The van der Waals surface area contributed by atoms with Gasteiger partial charge in [0, 0.05) is 24.7 Å². The number of carboxylic acid groups (broad SMARTS) is 1. The summed E-state index contributed by atoms with van der Waals surface area (Å²) < 4.78 is 12.9. The molecule has 0 atom stereocenters. The van der Waals surface area contributed by atoms with Crippen molar-refractivity contribution in [1.29, 1.82) is 0 Å². The Morgan fingerprint density at radius 2 is 1.71 bits per heavy atom. The maximum Gasteiger partial charge on any atom is 0.335 e. The smallest absolute Gasteiger partial charge is 0.335 e. The van der Waals surface area contributed by atoms with Crippen LogP contribution in [0.3, 0.4) is 0 Å². The van der Waals surface area contributed by atoms with Gasteiger partial charge in [0.05, 0.1) is 12.0 Å². The monoisotopic (exact) mass is 384 g/mol. The van der Waals surface area contributed by atoms with E-state index in [-0.39, 0.29) is 29.8 Å². The summed E-state index contributed by atoms with van der Waals surface area (Å²) >= 11 is 0. The van der Waals surface area contributed by atoms with Crippen molar-refractivity contribution in [2.75, 3.05) is 13.1 Å². The second-order valence-corrected chi connectivity index (χ2v) is 6.82. The van der Waals surface area contributed by atoms with Crippen LogP contribution in [0, 0.1) is 5.82 Å². The number of carbonyl (C=O) groups excluding carboxylic acids is 2. The Morgan fingerprint density at radius 1 is 1.04 bits per heavy atom. The standard InChI is InChI=1S/C21H21FN2O4/c22-17-6-4-15(5-7-17)20(26)23-18-8-10-24(11-9-18)19(25)13-14-2-1-3-16(12-14)21(27)28/h1-7,12,18H,8-11,13H2,(H,23,26)(H,27,28). The Balaban J connectivity index is 1.50. The number of hydrogen-bond donors (Lipinski definition) is 2. The molecule has 0 aromatic heterocycles. The molecule has 0 saturated carbocycles. The summed E-state index contributed by atoms with van der Waals surface area (Å²) in [5.74, 6) is -1.73. The largest absolute Gasteiger partial charge is 0.478 e. The zero-order valence-corrected chi connectivity index (χ0v) is 15.2. The molecule has 0 aliphatic carbocycles. The second kappa shape index (κ2) is 8.65. The van der Waals surface area contributed by atoms with Gasteiger partial charge in [-0.25, -0.2) is 9.18 Å². The zero-order valence-electron chi connectivity index (χ0n) is 15.2. The van der Waals surface area contributed by atoms with Crippen LogP contribution in [-0.4, -0.2) is 46.9 Å². The van der Waals surface area contributed by atoms with Gasteiger partial charge >= 0.3 is 5.97 Å². The summed E-state index contributed by atoms with van der Waals surface area (Å²) in [7, 11) is 0. The lowest BCUT2D eigenvalue weighted by atomic mass is 10.0. The van der Waals surface area contributed by atoms with Crippen LogP contribution in [0.5, 0.6) is 0 Å². The van der Waals surface area contributed by atoms with E-state index in [9.17, 15) is 18.8 Å². The molecule has 1 heterocycles. The second-order valence-electron chi connectivity index (χ2n) is 6.82. The van der Waals surface area contributed by atoms with Crippen LogP contribution in [0.1, 0.15) is 39.1 Å². The van der Waals surface area contributed by atoms with Crippen molar-refractivity contribution < 1.29 is 23.9 Å². The molecule has 1 aliphatic rings. The van der Waals surface area contributed by atoms with Crippen molar-refractivity contribution in [2.45, 2.75) is 25.3 Å². The molecule has 146 valence electrons. The summed E-state index contributed by atoms with van der Waals surface area (Å²) in [4.78, 5) is 37.5. The topological polar surface area (TPSA) is 86.7 Å². The fourth-order valence-electron chi connectivity index (χ4n) is 3.24. The van der Waals surface area contributed by atoms with Crippen molar-refractivity contribution in [3.8, 4) is 0 Å². The van der Waals surface area contributed by atoms with Gasteiger partial charge < -0.3 is 15.3 Å². The number of carboxylic acids is 1. The highest BCUT2D eigenvalue weighted by atomic mass is 19.1. The molecule has 1 aliphatic heterocycles. The first-order chi connectivity index (χ1) is 13.4. The molecule has 7 heteroatoms. The third kappa shape index (κ3) is 4.94. The molecule has 28 heavy (non-hydrogen) atoms. The third-order valence-electron chi connectivity index (χ3n) is 4.82. The van der Waals surface area contributed by atoms with E-state index in [1.165, 1.54) is 36.4 Å². The quantitative estimate of drug-likeness (QED) is 0.829. The molecule has 3 rings (SSSR count). The molecule has 2 aromatic rings. The number of carbonyl (C=O) groups is 3. The van der Waals surface area contributed by atoms with E-state index in [1.807, 2.05) is 0 Å². The van der Waals surface area contributed by atoms with Crippen LogP contribution in [0.25, 0.3) is 0 Å². The molecule has 0 unspecified atom stereocenters. The average molecular weight is 384 g/mol. The Morgan fingerprint density at radius 3 is 2.36 bits per heavy atom. The van der Waals surface area contributed by atoms with Gasteiger partial charge in [0.1, 0.15) is 5.82 Å². The minimum absolute atomic E-state index is 0.0445. The molecule has 0 bridgehead atoms. The summed E-state index contributed by atoms with van der Waals surface area (Å²) in [6, 6.07) is 11.7. The zero-order chi connectivity index (χ0) is 20.1. The average Bonchev–Trinajstić information content (AvgIpc) is 2.69. The first-order valence-corrected chi connectivity index (χ1v) is 9.09. The van der Waals surface area contributed by atoms with Gasteiger partial charge in [0.25, 0.3) is 5.91 Å². The van der Waals surface area contributed by atoms with E-state index < -0.39 is 11.8 Å². The predicted octanol–water partition coefficient (Wildman–Crippen LogP) is 2.49. The number of nitrogens with one attached hydrogen (secondary N) is 1. The lowest BCUT2D eigenvalue weighted by molar-refractivity contribution is -0.131. The van der Waals surface area contributed by atoms with Gasteiger partial charge in [-0.2, -0.15) is 0 Å².